The molecule has 12 N–H and O–H groups in total. The summed E-state index contributed by atoms with van der Waals surface area (Å²) in [4.78, 5) is 35.2. The van der Waals surface area contributed by atoms with Crippen molar-refractivity contribution >= 4 is 17.7 Å². The van der Waals surface area contributed by atoms with Gasteiger partial charge in [0.05, 0.1) is 33.0 Å². The van der Waals surface area contributed by atoms with Crippen molar-refractivity contribution in [1.82, 2.24) is 16.0 Å². The second kappa shape index (κ2) is 31.1. The molecular formula is C44H81N3O20. The SMILES string of the molecule is CC(=O)NC1[C@H](OCCCCCCC(C)(COCCCCCO[C@@H]2OC(CO)[C@H](O)[C@H](O)C2NC(C)=O)COCCCCCO[C@@H]2OC(CO)[C@H](O)[C@H](O)C2NC(C)=O)OC(CO)[C@H](O)[C@@H]1O. The van der Waals surface area contributed by atoms with Gasteiger partial charge in [-0.25, -0.2) is 0 Å². The Kier molecular flexibility index (Phi) is 27.4. The molecule has 3 fully saturated rings. The first-order chi connectivity index (χ1) is 32.0. The highest BCUT2D eigenvalue weighted by Crippen LogP contribution is 2.28. The molecule has 0 aromatic carbocycles. The molecule has 3 amide bonds. The first-order valence-corrected chi connectivity index (χ1v) is 23.7. The van der Waals surface area contributed by atoms with E-state index in [2.05, 4.69) is 22.9 Å². The largest absolute Gasteiger partial charge is 0.394 e. The third-order valence-corrected chi connectivity index (χ3v) is 12.0. The molecular weight excluding hydrogens is 890 g/mol. The Bertz CT molecular complexity index is 1340. The number of aliphatic hydroxyl groups is 9. The summed E-state index contributed by atoms with van der Waals surface area (Å²) in [6.07, 6.45) is -6.50. The number of aliphatic hydroxyl groups excluding tert-OH is 9. The van der Waals surface area contributed by atoms with E-state index < -0.39 is 129 Å². The Balaban J connectivity index is 1.43. The summed E-state index contributed by atoms with van der Waals surface area (Å²) in [6.45, 7) is 6.93. The van der Waals surface area contributed by atoms with Gasteiger partial charge in [0, 0.05) is 59.2 Å². The van der Waals surface area contributed by atoms with Crippen LogP contribution in [-0.4, -0.2) is 222 Å². The first kappa shape index (κ1) is 59.0. The van der Waals surface area contributed by atoms with Gasteiger partial charge in [-0.05, 0) is 51.4 Å². The predicted octanol–water partition coefficient (Wildman–Crippen LogP) is -2.80. The maximum Gasteiger partial charge on any atom is 0.217 e. The van der Waals surface area contributed by atoms with Gasteiger partial charge in [0.1, 0.15) is 73.1 Å². The molecule has 0 saturated carbocycles. The average molecular weight is 972 g/mol. The highest BCUT2D eigenvalue weighted by molar-refractivity contribution is 5.74. The average Bonchev–Trinajstić information content (AvgIpc) is 3.28. The number of nitrogens with one attached hydrogen (secondary N) is 3. The number of ether oxygens (including phenoxy) is 8. The van der Waals surface area contributed by atoms with Gasteiger partial charge in [-0.15, -0.1) is 0 Å². The zero-order valence-corrected chi connectivity index (χ0v) is 39.5. The van der Waals surface area contributed by atoms with E-state index >= 15 is 0 Å². The van der Waals surface area contributed by atoms with Gasteiger partial charge in [-0.3, -0.25) is 14.4 Å². The lowest BCUT2D eigenvalue weighted by atomic mass is 9.86. The summed E-state index contributed by atoms with van der Waals surface area (Å²) in [5.74, 6) is -1.29. The smallest absolute Gasteiger partial charge is 0.217 e. The lowest BCUT2D eigenvalue weighted by Crippen LogP contribution is -2.64. The van der Waals surface area contributed by atoms with E-state index in [0.29, 0.717) is 45.7 Å². The highest BCUT2D eigenvalue weighted by atomic mass is 16.7. The van der Waals surface area contributed by atoms with E-state index in [-0.39, 0.29) is 25.2 Å². The van der Waals surface area contributed by atoms with Crippen LogP contribution in [0.2, 0.25) is 0 Å². The van der Waals surface area contributed by atoms with E-state index in [1.807, 2.05) is 0 Å². The van der Waals surface area contributed by atoms with Crippen LogP contribution in [0.1, 0.15) is 98.3 Å². The van der Waals surface area contributed by atoms with Crippen LogP contribution < -0.4 is 16.0 Å². The van der Waals surface area contributed by atoms with Crippen LogP contribution in [0.3, 0.4) is 0 Å². The lowest BCUT2D eigenvalue weighted by Gasteiger charge is -2.42. The first-order valence-electron chi connectivity index (χ1n) is 23.7. The summed E-state index contributed by atoms with van der Waals surface area (Å²) in [6, 6.07) is -3.02. The Morgan fingerprint density at radius 3 is 1.03 bits per heavy atom. The molecule has 3 heterocycles. The van der Waals surface area contributed by atoms with E-state index in [4.69, 9.17) is 37.9 Å². The van der Waals surface area contributed by atoms with Crippen molar-refractivity contribution < 1.29 is 98.2 Å². The predicted molar refractivity (Wildman–Crippen MR) is 234 cm³/mol. The van der Waals surface area contributed by atoms with Crippen molar-refractivity contribution in [3.05, 3.63) is 0 Å². The number of unbranched alkanes of at least 4 members (excludes halogenated alkanes) is 7. The number of rotatable bonds is 32. The van der Waals surface area contributed by atoms with Crippen molar-refractivity contribution in [3.63, 3.8) is 0 Å². The van der Waals surface area contributed by atoms with Gasteiger partial charge in [0.15, 0.2) is 18.9 Å². The van der Waals surface area contributed by atoms with Gasteiger partial charge >= 0.3 is 0 Å². The molecule has 0 radical (unpaired) electrons. The molecule has 0 bridgehead atoms. The van der Waals surface area contributed by atoms with Crippen LogP contribution >= 0.6 is 0 Å². The van der Waals surface area contributed by atoms with E-state index in [9.17, 15) is 60.3 Å². The van der Waals surface area contributed by atoms with Crippen LogP contribution in [-0.2, 0) is 52.3 Å². The molecule has 3 aliphatic rings. The Morgan fingerprint density at radius 1 is 0.448 bits per heavy atom. The summed E-state index contributed by atoms with van der Waals surface area (Å²) >= 11 is 0. The molecule has 15 atom stereocenters. The van der Waals surface area contributed by atoms with Gasteiger partial charge in [0.2, 0.25) is 17.7 Å². The Hall–Kier alpha value is -2.27. The van der Waals surface area contributed by atoms with Gasteiger partial charge in [-0.2, -0.15) is 0 Å². The molecule has 67 heavy (non-hydrogen) atoms. The molecule has 3 rings (SSSR count). The number of hydrogen-bond acceptors (Lipinski definition) is 20. The zero-order chi connectivity index (χ0) is 49.5. The third-order valence-electron chi connectivity index (χ3n) is 12.0. The maximum atomic E-state index is 11.7. The maximum absolute atomic E-state index is 11.7. The zero-order valence-electron chi connectivity index (χ0n) is 39.5. The van der Waals surface area contributed by atoms with E-state index in [0.717, 1.165) is 51.4 Å². The van der Waals surface area contributed by atoms with E-state index in [1.165, 1.54) is 20.8 Å². The molecule has 0 aliphatic carbocycles. The van der Waals surface area contributed by atoms with Crippen molar-refractivity contribution in [2.24, 2.45) is 5.41 Å². The van der Waals surface area contributed by atoms with Crippen molar-refractivity contribution in [3.8, 4) is 0 Å². The summed E-state index contributed by atoms with van der Waals surface area (Å²) in [7, 11) is 0. The molecule has 23 heteroatoms. The minimum atomic E-state index is -1.39. The lowest BCUT2D eigenvalue weighted by molar-refractivity contribution is -0.270. The van der Waals surface area contributed by atoms with Crippen LogP contribution in [0.4, 0.5) is 0 Å². The molecule has 6 unspecified atom stereocenters. The second-order valence-electron chi connectivity index (χ2n) is 18.1. The number of carbonyl (C=O) groups excluding carboxylic acids is 3. The quantitative estimate of drug-likeness (QED) is 0.0303. The van der Waals surface area contributed by atoms with Gasteiger partial charge in [0.25, 0.3) is 0 Å². The van der Waals surface area contributed by atoms with Gasteiger partial charge < -0.3 is 99.8 Å². The molecule has 392 valence electrons. The number of carbonyl (C=O) groups is 3. The fourth-order valence-corrected chi connectivity index (χ4v) is 8.23. The molecule has 3 aliphatic heterocycles. The van der Waals surface area contributed by atoms with E-state index in [1.54, 1.807) is 0 Å². The minimum absolute atomic E-state index is 0.242. The molecule has 23 nitrogen and oxygen atoms in total. The van der Waals surface area contributed by atoms with Crippen molar-refractivity contribution in [2.75, 3.05) is 66.1 Å². The standard InChI is InChI=1S/C44H81N3O20/c1-26(51)45-32-38(57)35(54)29(21-48)65-41(32)62-18-12-6-5-9-15-44(4,24-60-16-10-7-13-19-63-42-33(46-27(2)52)39(58)36(55)30(22-49)66-42)25-61-17-11-8-14-20-64-43-34(47-28(3)53)40(59)37(56)31(23-50)67-43/h29-43,48-50,54-59H,5-25H2,1-4H3,(H,45,51)(H,46,52)(H,47,53)/t29?,30?,31?,32?,33?,34?,35-,36-,37-,38+,39+,40+,41+,42+,43+,44?/m0/s1. The van der Waals surface area contributed by atoms with Crippen LogP contribution in [0, 0.1) is 5.41 Å². The monoisotopic (exact) mass is 972 g/mol. The normalized spacial score (nSPS) is 33.2. The van der Waals surface area contributed by atoms with Crippen molar-refractivity contribution in [2.45, 2.75) is 190 Å². The molecule has 0 aromatic rings. The molecule has 0 aromatic heterocycles. The fraction of sp³-hybridized carbons (Fsp3) is 0.932. The summed E-state index contributed by atoms with van der Waals surface area (Å²) in [5, 5.41) is 98.6. The Labute approximate surface area is 393 Å². The van der Waals surface area contributed by atoms with Crippen LogP contribution in [0.15, 0.2) is 0 Å². The second-order valence-corrected chi connectivity index (χ2v) is 18.1. The fourth-order valence-electron chi connectivity index (χ4n) is 8.23. The molecule has 3 saturated heterocycles. The Morgan fingerprint density at radius 2 is 0.731 bits per heavy atom. The highest BCUT2D eigenvalue weighted by Gasteiger charge is 2.47. The summed E-state index contributed by atoms with van der Waals surface area (Å²) < 4.78 is 46.7. The number of hydrogen-bond donors (Lipinski definition) is 12. The van der Waals surface area contributed by atoms with Gasteiger partial charge in [-0.1, -0.05) is 26.2 Å². The minimum Gasteiger partial charge on any atom is -0.394 e. The molecule has 0 spiro atoms. The third kappa shape index (κ3) is 19.8. The van der Waals surface area contributed by atoms with Crippen LogP contribution in [0.5, 0.6) is 0 Å². The van der Waals surface area contributed by atoms with Crippen LogP contribution in [0.25, 0.3) is 0 Å². The summed E-state index contributed by atoms with van der Waals surface area (Å²) in [5.41, 5.74) is -0.322. The topological polar surface area (TPSA) is 343 Å². The van der Waals surface area contributed by atoms with Crippen molar-refractivity contribution in [1.29, 1.82) is 0 Å². The number of amides is 3.